The van der Waals surface area contributed by atoms with Gasteiger partial charge in [0.05, 0.1) is 18.6 Å². The van der Waals surface area contributed by atoms with Gasteiger partial charge in [0.25, 0.3) is 0 Å². The molecule has 7 heteroatoms. The SMILES string of the molecule is CCc1ccc(Cn2c(CCc3ccccc3)nnc2[C@@H](Cc2c[nH]c3ccccc23)NC(=O)C2CCCCN2)cc1. The van der Waals surface area contributed by atoms with E-state index in [1.54, 1.807) is 0 Å². The topological polar surface area (TPSA) is 87.6 Å². The molecule has 1 saturated heterocycles. The summed E-state index contributed by atoms with van der Waals surface area (Å²) in [5.41, 5.74) is 6.03. The number of para-hydroxylation sites is 1. The molecular formula is C35H40N6O. The molecule has 0 radical (unpaired) electrons. The molecule has 0 aliphatic carbocycles. The zero-order valence-electron chi connectivity index (χ0n) is 24.4. The lowest BCUT2D eigenvalue weighted by atomic mass is 10.0. The van der Waals surface area contributed by atoms with Gasteiger partial charge in [0.2, 0.25) is 5.91 Å². The van der Waals surface area contributed by atoms with E-state index in [4.69, 9.17) is 10.2 Å². The molecule has 7 nitrogen and oxygen atoms in total. The minimum absolute atomic E-state index is 0.0345. The Bertz CT molecular complexity index is 1600. The van der Waals surface area contributed by atoms with Crippen molar-refractivity contribution < 1.29 is 4.79 Å². The van der Waals surface area contributed by atoms with Crippen LogP contribution in [-0.4, -0.2) is 38.2 Å². The average molecular weight is 561 g/mol. The number of nitrogens with one attached hydrogen (secondary N) is 3. The Hall–Kier alpha value is -4.23. The van der Waals surface area contributed by atoms with Crippen LogP contribution >= 0.6 is 0 Å². The molecule has 0 spiro atoms. The number of fused-ring (bicyclic) bond motifs is 1. The molecule has 2 aromatic heterocycles. The van der Waals surface area contributed by atoms with E-state index in [0.717, 1.165) is 73.2 Å². The van der Waals surface area contributed by atoms with Gasteiger partial charge in [-0.05, 0) is 60.5 Å². The van der Waals surface area contributed by atoms with Gasteiger partial charge in [-0.25, -0.2) is 0 Å². The number of aromatic amines is 1. The number of aryl methyl sites for hydroxylation is 3. The fraction of sp³-hybridized carbons (Fsp3) is 0.343. The van der Waals surface area contributed by atoms with E-state index >= 15 is 0 Å². The Morgan fingerprint density at radius 2 is 1.71 bits per heavy atom. The van der Waals surface area contributed by atoms with Crippen LogP contribution in [0.15, 0.2) is 85.1 Å². The van der Waals surface area contributed by atoms with Crippen molar-refractivity contribution in [2.45, 2.75) is 70.5 Å². The largest absolute Gasteiger partial charge is 0.361 e. The molecule has 0 saturated carbocycles. The Balaban J connectivity index is 1.36. The third kappa shape index (κ3) is 6.47. The Labute approximate surface area is 247 Å². The summed E-state index contributed by atoms with van der Waals surface area (Å²) in [7, 11) is 0. The summed E-state index contributed by atoms with van der Waals surface area (Å²) < 4.78 is 2.23. The van der Waals surface area contributed by atoms with Gasteiger partial charge < -0.3 is 20.2 Å². The highest BCUT2D eigenvalue weighted by atomic mass is 16.2. The molecule has 0 bridgehead atoms. The monoisotopic (exact) mass is 560 g/mol. The molecule has 2 atom stereocenters. The molecular weight excluding hydrogens is 520 g/mol. The Kier molecular flexibility index (Phi) is 8.75. The zero-order chi connectivity index (χ0) is 28.7. The van der Waals surface area contributed by atoms with E-state index in [-0.39, 0.29) is 18.0 Å². The second-order valence-corrected chi connectivity index (χ2v) is 11.3. The second kappa shape index (κ2) is 13.2. The molecule has 3 heterocycles. The van der Waals surface area contributed by atoms with Crippen LogP contribution in [0.3, 0.4) is 0 Å². The smallest absolute Gasteiger partial charge is 0.237 e. The lowest BCUT2D eigenvalue weighted by Gasteiger charge is -2.26. The molecule has 1 aliphatic heterocycles. The maximum atomic E-state index is 13.6. The molecule has 5 aromatic rings. The van der Waals surface area contributed by atoms with Crippen LogP contribution in [-0.2, 0) is 37.0 Å². The second-order valence-electron chi connectivity index (χ2n) is 11.3. The minimum atomic E-state index is -0.326. The highest BCUT2D eigenvalue weighted by molar-refractivity contribution is 5.84. The number of hydrogen-bond acceptors (Lipinski definition) is 4. The zero-order valence-corrected chi connectivity index (χ0v) is 24.4. The number of amides is 1. The van der Waals surface area contributed by atoms with E-state index < -0.39 is 0 Å². The Morgan fingerprint density at radius 3 is 2.50 bits per heavy atom. The third-order valence-electron chi connectivity index (χ3n) is 8.46. The van der Waals surface area contributed by atoms with Crippen molar-refractivity contribution in [1.82, 2.24) is 30.4 Å². The third-order valence-corrected chi connectivity index (χ3v) is 8.46. The van der Waals surface area contributed by atoms with Gasteiger partial charge in [-0.1, -0.05) is 86.1 Å². The number of benzene rings is 3. The highest BCUT2D eigenvalue weighted by Gasteiger charge is 2.28. The van der Waals surface area contributed by atoms with Crippen LogP contribution in [0.2, 0.25) is 0 Å². The van der Waals surface area contributed by atoms with Crippen molar-refractivity contribution in [3.63, 3.8) is 0 Å². The number of carbonyl (C=O) groups excluding carboxylic acids is 1. The quantitative estimate of drug-likeness (QED) is 0.194. The fourth-order valence-corrected chi connectivity index (χ4v) is 6.00. The maximum Gasteiger partial charge on any atom is 0.237 e. The van der Waals surface area contributed by atoms with Crippen molar-refractivity contribution >= 4 is 16.8 Å². The number of rotatable bonds is 11. The van der Waals surface area contributed by atoms with Crippen LogP contribution < -0.4 is 10.6 Å². The van der Waals surface area contributed by atoms with Gasteiger partial charge in [0.1, 0.15) is 5.82 Å². The van der Waals surface area contributed by atoms with Crippen molar-refractivity contribution in [3.8, 4) is 0 Å². The molecule has 6 rings (SSSR count). The average Bonchev–Trinajstić information content (AvgIpc) is 3.64. The van der Waals surface area contributed by atoms with Gasteiger partial charge >= 0.3 is 0 Å². The fourth-order valence-electron chi connectivity index (χ4n) is 6.00. The molecule has 1 amide bonds. The van der Waals surface area contributed by atoms with Gasteiger partial charge in [-0.15, -0.1) is 10.2 Å². The number of hydrogen-bond donors (Lipinski definition) is 3. The van der Waals surface area contributed by atoms with Crippen molar-refractivity contribution in [2.75, 3.05) is 6.54 Å². The first-order valence-electron chi connectivity index (χ1n) is 15.3. The predicted molar refractivity (Wildman–Crippen MR) is 167 cm³/mol. The summed E-state index contributed by atoms with van der Waals surface area (Å²) in [6.45, 7) is 3.70. The van der Waals surface area contributed by atoms with Crippen LogP contribution in [0.25, 0.3) is 10.9 Å². The van der Waals surface area contributed by atoms with Crippen LogP contribution in [0, 0.1) is 0 Å². The lowest BCUT2D eigenvalue weighted by Crippen LogP contribution is -2.48. The number of H-pyrrole nitrogens is 1. The van der Waals surface area contributed by atoms with Crippen molar-refractivity contribution in [3.05, 3.63) is 119 Å². The molecule has 3 aromatic carbocycles. The minimum Gasteiger partial charge on any atom is -0.361 e. The molecule has 42 heavy (non-hydrogen) atoms. The molecule has 1 fully saturated rings. The van der Waals surface area contributed by atoms with Crippen LogP contribution in [0.1, 0.15) is 66.1 Å². The van der Waals surface area contributed by atoms with Crippen LogP contribution in [0.5, 0.6) is 0 Å². The molecule has 216 valence electrons. The predicted octanol–water partition coefficient (Wildman–Crippen LogP) is 5.70. The summed E-state index contributed by atoms with van der Waals surface area (Å²) in [4.78, 5) is 17.0. The summed E-state index contributed by atoms with van der Waals surface area (Å²) in [6, 6.07) is 27.1. The van der Waals surface area contributed by atoms with E-state index in [1.165, 1.54) is 16.7 Å². The first kappa shape index (κ1) is 27.9. The van der Waals surface area contributed by atoms with E-state index in [9.17, 15) is 4.79 Å². The van der Waals surface area contributed by atoms with Crippen molar-refractivity contribution in [1.29, 1.82) is 0 Å². The van der Waals surface area contributed by atoms with E-state index in [1.807, 2.05) is 12.1 Å². The normalized spacial score (nSPS) is 16.0. The molecule has 1 unspecified atom stereocenters. The molecule has 1 aliphatic rings. The number of aromatic nitrogens is 4. The standard InChI is InChI=1S/C35H40N6O/c1-2-25-15-17-27(18-16-25)24-41-33(20-19-26-10-4-3-5-11-26)39-40-34(41)32(38-35(42)31-14-8-9-21-36-31)22-28-23-37-30-13-7-6-12-29(28)30/h3-7,10-13,15-18,23,31-32,36-37H,2,8-9,14,19-22,24H2,1H3,(H,38,42)/t31?,32-/m1/s1. The maximum absolute atomic E-state index is 13.6. The summed E-state index contributed by atoms with van der Waals surface area (Å²) in [5, 5.41) is 17.5. The van der Waals surface area contributed by atoms with E-state index in [2.05, 4.69) is 100 Å². The van der Waals surface area contributed by atoms with Gasteiger partial charge in [-0.2, -0.15) is 0 Å². The number of carbonyl (C=O) groups is 1. The first-order chi connectivity index (χ1) is 20.7. The van der Waals surface area contributed by atoms with Crippen molar-refractivity contribution in [2.24, 2.45) is 0 Å². The number of nitrogens with zero attached hydrogens (tertiary/aromatic N) is 3. The van der Waals surface area contributed by atoms with Crippen LogP contribution in [0.4, 0.5) is 0 Å². The molecule has 3 N–H and O–H groups in total. The number of piperidine rings is 1. The first-order valence-corrected chi connectivity index (χ1v) is 15.3. The van der Waals surface area contributed by atoms with Gasteiger partial charge in [-0.3, -0.25) is 4.79 Å². The lowest BCUT2D eigenvalue weighted by molar-refractivity contribution is -0.124. The highest BCUT2D eigenvalue weighted by Crippen LogP contribution is 2.26. The summed E-state index contributed by atoms with van der Waals surface area (Å²) in [5.74, 6) is 1.77. The summed E-state index contributed by atoms with van der Waals surface area (Å²) >= 11 is 0. The Morgan fingerprint density at radius 1 is 0.929 bits per heavy atom. The summed E-state index contributed by atoms with van der Waals surface area (Å²) in [6.07, 6.45) is 8.35. The van der Waals surface area contributed by atoms with Gasteiger partial charge in [0.15, 0.2) is 5.82 Å². The van der Waals surface area contributed by atoms with Gasteiger partial charge in [0, 0.05) is 29.9 Å². The van der Waals surface area contributed by atoms with E-state index in [0.29, 0.717) is 13.0 Å².